The number of rotatable bonds is 2. The van der Waals surface area contributed by atoms with Gasteiger partial charge in [-0.25, -0.2) is 0 Å². The highest BCUT2D eigenvalue weighted by molar-refractivity contribution is 7.82. The molecule has 122 valence electrons. The maximum Gasteiger partial charge on any atom is 0.261 e. The molecule has 0 saturated heterocycles. The van der Waals surface area contributed by atoms with E-state index in [1.54, 1.807) is 29.2 Å². The first-order valence-corrected chi connectivity index (χ1v) is 8.39. The van der Waals surface area contributed by atoms with Crippen LogP contribution in [-0.4, -0.2) is 27.2 Å². The van der Waals surface area contributed by atoms with Crippen LogP contribution in [-0.2, 0) is 0 Å². The third kappa shape index (κ3) is 2.99. The van der Waals surface area contributed by atoms with E-state index in [4.69, 9.17) is 28.8 Å². The highest BCUT2D eigenvalue weighted by Crippen LogP contribution is 2.29. The molecule has 0 N–H and O–H groups in total. The van der Waals surface area contributed by atoms with E-state index >= 15 is 0 Å². The average Bonchev–Trinajstić information content (AvgIpc) is 2.76. The molecule has 0 bridgehead atoms. The molecule has 1 aliphatic heterocycles. The Kier molecular flexibility index (Phi) is 4.28. The highest BCUT2D eigenvalue weighted by Gasteiger charge is 2.42. The second kappa shape index (κ2) is 6.11. The van der Waals surface area contributed by atoms with Crippen molar-refractivity contribution in [2.75, 3.05) is 0 Å². The fraction of sp³-hybridized carbons (Fsp3) is 0.211. The van der Waals surface area contributed by atoms with Gasteiger partial charge in [-0.15, -0.1) is 0 Å². The Morgan fingerprint density at radius 3 is 2.54 bits per heavy atom. The summed E-state index contributed by atoms with van der Waals surface area (Å²) >= 11 is 11.6. The monoisotopic (exact) mass is 356 g/mol. The normalized spacial score (nSPS) is 16.2. The second-order valence-corrected chi connectivity index (χ2v) is 7.10. The van der Waals surface area contributed by atoms with Crippen LogP contribution in [0.25, 0.3) is 0 Å². The van der Waals surface area contributed by atoms with Crippen LogP contribution in [0, 0.1) is 6.92 Å². The Balaban J connectivity index is 2.00. The summed E-state index contributed by atoms with van der Waals surface area (Å²) in [5, 5.41) is 0.517. The topological polar surface area (TPSA) is 32.7 Å². The lowest BCUT2D eigenvalue weighted by Crippen LogP contribution is -2.46. The molecule has 1 amide bonds. The first kappa shape index (κ1) is 16.8. The molecule has 5 heteroatoms. The number of halogens is 1. The minimum absolute atomic E-state index is 0.195. The number of thiocarbonyl (C=S) groups is 1. The van der Waals surface area contributed by atoms with Gasteiger partial charge in [-0.1, -0.05) is 53.6 Å². The van der Waals surface area contributed by atoms with Gasteiger partial charge < -0.3 is 0 Å². The Morgan fingerprint density at radius 2 is 1.88 bits per heavy atom. The van der Waals surface area contributed by atoms with E-state index in [0.717, 1.165) is 11.1 Å². The van der Waals surface area contributed by atoms with Gasteiger partial charge in [-0.3, -0.25) is 14.7 Å². The standard InChI is InChI=1S/C19H17ClN2OS/c1-12-6-4-7-13(10-12)16-18(24)22(19(2,3)21-16)17(23)14-8-5-9-15(20)11-14/h4-11H,1-3H3. The van der Waals surface area contributed by atoms with Crippen LogP contribution in [0.1, 0.15) is 35.3 Å². The number of carbonyl (C=O) groups excluding carboxylic acids is 1. The number of amides is 1. The molecular weight excluding hydrogens is 340 g/mol. The number of benzene rings is 2. The lowest BCUT2D eigenvalue weighted by molar-refractivity contribution is 0.0758. The van der Waals surface area contributed by atoms with Crippen molar-refractivity contribution < 1.29 is 4.79 Å². The van der Waals surface area contributed by atoms with Crippen molar-refractivity contribution in [1.29, 1.82) is 0 Å². The number of carbonyl (C=O) groups is 1. The molecule has 0 fully saturated rings. The molecule has 0 unspecified atom stereocenters. The van der Waals surface area contributed by atoms with E-state index in [1.807, 2.05) is 45.0 Å². The summed E-state index contributed by atoms with van der Waals surface area (Å²) < 4.78 is 0. The molecule has 24 heavy (non-hydrogen) atoms. The predicted molar refractivity (Wildman–Crippen MR) is 102 cm³/mol. The summed E-state index contributed by atoms with van der Waals surface area (Å²) in [6.07, 6.45) is 0. The minimum Gasteiger partial charge on any atom is -0.272 e. The molecule has 0 aromatic heterocycles. The molecule has 0 aliphatic carbocycles. The second-order valence-electron chi connectivity index (χ2n) is 6.28. The zero-order valence-electron chi connectivity index (χ0n) is 13.7. The summed E-state index contributed by atoms with van der Waals surface area (Å²) in [4.78, 5) is 19.7. The number of nitrogens with zero attached hydrogens (tertiary/aromatic N) is 2. The van der Waals surface area contributed by atoms with Crippen LogP contribution in [0.4, 0.5) is 0 Å². The molecule has 3 nitrogen and oxygen atoms in total. The lowest BCUT2D eigenvalue weighted by Gasteiger charge is -2.29. The van der Waals surface area contributed by atoms with Gasteiger partial charge in [0.15, 0.2) is 0 Å². The number of hydrogen-bond acceptors (Lipinski definition) is 3. The van der Waals surface area contributed by atoms with Crippen molar-refractivity contribution in [3.05, 3.63) is 70.2 Å². The first-order valence-electron chi connectivity index (χ1n) is 7.61. The molecule has 1 aliphatic rings. The minimum atomic E-state index is -0.741. The van der Waals surface area contributed by atoms with Crippen molar-refractivity contribution >= 4 is 40.4 Å². The summed E-state index contributed by atoms with van der Waals surface area (Å²) in [7, 11) is 0. The Bertz CT molecular complexity index is 873. The van der Waals surface area contributed by atoms with Gasteiger partial charge >= 0.3 is 0 Å². The van der Waals surface area contributed by atoms with Gasteiger partial charge in [0.2, 0.25) is 0 Å². The third-order valence-electron chi connectivity index (χ3n) is 3.90. The van der Waals surface area contributed by atoms with E-state index in [0.29, 0.717) is 21.3 Å². The molecule has 0 atom stereocenters. The van der Waals surface area contributed by atoms with E-state index in [1.165, 1.54) is 0 Å². The maximum absolute atomic E-state index is 13.0. The van der Waals surface area contributed by atoms with Crippen molar-refractivity contribution in [3.8, 4) is 0 Å². The molecule has 2 aromatic carbocycles. The molecule has 0 spiro atoms. The van der Waals surface area contributed by atoms with Crippen molar-refractivity contribution in [1.82, 2.24) is 4.90 Å². The van der Waals surface area contributed by atoms with E-state index in [9.17, 15) is 4.79 Å². The van der Waals surface area contributed by atoms with Crippen molar-refractivity contribution in [2.45, 2.75) is 26.4 Å². The maximum atomic E-state index is 13.0. The van der Waals surface area contributed by atoms with Crippen LogP contribution in [0.3, 0.4) is 0 Å². The largest absolute Gasteiger partial charge is 0.272 e. The van der Waals surface area contributed by atoms with Crippen LogP contribution in [0.5, 0.6) is 0 Å². The van der Waals surface area contributed by atoms with E-state index < -0.39 is 5.66 Å². The zero-order valence-corrected chi connectivity index (χ0v) is 15.3. The Hall–Kier alpha value is -2.04. The fourth-order valence-corrected chi connectivity index (χ4v) is 3.46. The number of hydrogen-bond donors (Lipinski definition) is 0. The van der Waals surface area contributed by atoms with Crippen LogP contribution >= 0.6 is 23.8 Å². The van der Waals surface area contributed by atoms with E-state index in [-0.39, 0.29) is 5.91 Å². The lowest BCUT2D eigenvalue weighted by atomic mass is 10.1. The first-order chi connectivity index (χ1) is 11.3. The summed E-state index contributed by atoms with van der Waals surface area (Å²) in [6, 6.07) is 14.8. The predicted octanol–water partition coefficient (Wildman–Crippen LogP) is 4.66. The van der Waals surface area contributed by atoms with Crippen molar-refractivity contribution in [3.63, 3.8) is 0 Å². The molecule has 3 rings (SSSR count). The molecule has 2 aromatic rings. The molecule has 0 radical (unpaired) electrons. The smallest absolute Gasteiger partial charge is 0.261 e. The highest BCUT2D eigenvalue weighted by atomic mass is 35.5. The van der Waals surface area contributed by atoms with Crippen LogP contribution in [0.15, 0.2) is 53.5 Å². The summed E-state index contributed by atoms with van der Waals surface area (Å²) in [6.45, 7) is 5.77. The molecular formula is C19H17ClN2OS. The zero-order chi connectivity index (χ0) is 17.5. The number of aliphatic imine (C=N–C) groups is 1. The Labute approximate surface area is 152 Å². The van der Waals surface area contributed by atoms with Gasteiger partial charge in [0.05, 0.1) is 0 Å². The van der Waals surface area contributed by atoms with Gasteiger partial charge in [0.25, 0.3) is 5.91 Å². The summed E-state index contributed by atoms with van der Waals surface area (Å²) in [5.74, 6) is -0.195. The van der Waals surface area contributed by atoms with Crippen LogP contribution < -0.4 is 0 Å². The van der Waals surface area contributed by atoms with Gasteiger partial charge in [-0.2, -0.15) is 0 Å². The Morgan fingerprint density at radius 1 is 1.17 bits per heavy atom. The fourth-order valence-electron chi connectivity index (χ4n) is 2.80. The summed E-state index contributed by atoms with van der Waals surface area (Å²) in [5.41, 5.74) is 2.48. The van der Waals surface area contributed by atoms with Gasteiger partial charge in [0.1, 0.15) is 16.4 Å². The number of aryl methyl sites for hydroxylation is 1. The van der Waals surface area contributed by atoms with Crippen LogP contribution in [0.2, 0.25) is 5.02 Å². The average molecular weight is 357 g/mol. The SMILES string of the molecule is Cc1cccc(C2=NC(C)(C)N(C(=O)c3cccc(Cl)c3)C2=S)c1. The van der Waals surface area contributed by atoms with Gasteiger partial charge in [-0.05, 0) is 45.0 Å². The molecule has 1 heterocycles. The molecule has 0 saturated carbocycles. The van der Waals surface area contributed by atoms with Gasteiger partial charge in [0, 0.05) is 16.1 Å². The van der Waals surface area contributed by atoms with Crippen molar-refractivity contribution in [2.24, 2.45) is 4.99 Å². The quantitative estimate of drug-likeness (QED) is 0.733. The third-order valence-corrected chi connectivity index (χ3v) is 4.52. The van der Waals surface area contributed by atoms with E-state index in [2.05, 4.69) is 0 Å².